The summed E-state index contributed by atoms with van der Waals surface area (Å²) < 4.78 is 1.07. The van der Waals surface area contributed by atoms with E-state index in [2.05, 4.69) is 16.4 Å². The molecule has 0 radical (unpaired) electrons. The lowest BCUT2D eigenvalue weighted by Gasteiger charge is -2.11. The van der Waals surface area contributed by atoms with Crippen molar-refractivity contribution in [3.63, 3.8) is 0 Å². The van der Waals surface area contributed by atoms with Crippen LogP contribution in [0.15, 0.2) is 18.2 Å². The summed E-state index contributed by atoms with van der Waals surface area (Å²) in [4.78, 5) is 28.1. The van der Waals surface area contributed by atoms with Gasteiger partial charge in [-0.3, -0.25) is 9.59 Å². The number of carbonyl (C=O) groups is 2. The molecule has 0 aliphatic heterocycles. The predicted octanol–water partition coefficient (Wildman–Crippen LogP) is 1.85. The number of carbonyl (C=O) groups excluding carboxylic acids is 2. The Bertz CT molecular complexity index is 677. The molecule has 1 heterocycles. The first-order chi connectivity index (χ1) is 10.5. The van der Waals surface area contributed by atoms with Crippen LogP contribution in [0.4, 0.5) is 0 Å². The van der Waals surface area contributed by atoms with Crippen LogP contribution in [0, 0.1) is 12.8 Å². The highest BCUT2D eigenvalue weighted by atomic mass is 32.1. The second kappa shape index (κ2) is 7.47. The molecule has 22 heavy (non-hydrogen) atoms. The van der Waals surface area contributed by atoms with Crippen LogP contribution in [0.1, 0.15) is 23.9 Å². The Morgan fingerprint density at radius 1 is 1.41 bits per heavy atom. The summed E-state index contributed by atoms with van der Waals surface area (Å²) in [5, 5.41) is 12.4. The van der Waals surface area contributed by atoms with Gasteiger partial charge in [0, 0.05) is 0 Å². The second-order valence-electron chi connectivity index (χ2n) is 5.30. The third-order valence-electron chi connectivity index (χ3n) is 3.48. The van der Waals surface area contributed by atoms with Crippen molar-refractivity contribution in [2.45, 2.75) is 26.7 Å². The van der Waals surface area contributed by atoms with E-state index < -0.39 is 5.92 Å². The molecule has 2 aromatic rings. The fourth-order valence-electron chi connectivity index (χ4n) is 2.11. The lowest BCUT2D eigenvalue weighted by Crippen LogP contribution is -2.36. The lowest BCUT2D eigenvalue weighted by molar-refractivity contribution is -0.128. The molecule has 5 nitrogen and oxygen atoms in total. The third-order valence-corrected chi connectivity index (χ3v) is 4.50. The predicted molar refractivity (Wildman–Crippen MR) is 86.9 cm³/mol. The molecule has 1 amide bonds. The Balaban J connectivity index is 1.92. The van der Waals surface area contributed by atoms with Crippen LogP contribution in [-0.2, 0) is 16.0 Å². The van der Waals surface area contributed by atoms with E-state index in [1.54, 1.807) is 0 Å². The number of ketones is 1. The maximum absolute atomic E-state index is 11.9. The quantitative estimate of drug-likeness (QED) is 0.816. The minimum Gasteiger partial charge on any atom is -0.396 e. The lowest BCUT2D eigenvalue weighted by atomic mass is 10.1. The van der Waals surface area contributed by atoms with Crippen LogP contribution >= 0.6 is 11.3 Å². The van der Waals surface area contributed by atoms with E-state index in [0.717, 1.165) is 20.8 Å². The number of aryl methyl sites for hydroxylation is 1. The Morgan fingerprint density at radius 3 is 2.86 bits per heavy atom. The Hall–Kier alpha value is -1.79. The van der Waals surface area contributed by atoms with Crippen LogP contribution in [0.25, 0.3) is 10.2 Å². The average Bonchev–Trinajstić information content (AvgIpc) is 2.87. The van der Waals surface area contributed by atoms with Gasteiger partial charge in [-0.05, 0) is 31.0 Å². The molecule has 2 N–H and O–H groups in total. The molecule has 0 aliphatic rings. The van der Waals surface area contributed by atoms with Crippen molar-refractivity contribution in [3.8, 4) is 0 Å². The third kappa shape index (κ3) is 4.11. The van der Waals surface area contributed by atoms with Crippen molar-refractivity contribution >= 4 is 33.2 Å². The molecule has 2 rings (SSSR count). The maximum Gasteiger partial charge on any atom is 0.225 e. The van der Waals surface area contributed by atoms with E-state index in [1.807, 2.05) is 26.0 Å². The molecule has 118 valence electrons. The van der Waals surface area contributed by atoms with E-state index >= 15 is 0 Å². The van der Waals surface area contributed by atoms with Gasteiger partial charge in [0.2, 0.25) is 5.91 Å². The van der Waals surface area contributed by atoms with Crippen LogP contribution in [0.3, 0.4) is 0 Å². The van der Waals surface area contributed by atoms with E-state index in [9.17, 15) is 9.59 Å². The normalized spacial score (nSPS) is 12.3. The minimum absolute atomic E-state index is 0.0235. The van der Waals surface area contributed by atoms with Gasteiger partial charge < -0.3 is 10.4 Å². The topological polar surface area (TPSA) is 79.3 Å². The molecule has 0 saturated heterocycles. The molecule has 1 atom stereocenters. The number of Topliss-reactive ketones (excluding diaryl/α,β-unsaturated/α-hetero) is 1. The van der Waals surface area contributed by atoms with Crippen LogP contribution < -0.4 is 5.32 Å². The van der Waals surface area contributed by atoms with E-state index in [1.165, 1.54) is 11.3 Å². The maximum atomic E-state index is 11.9. The van der Waals surface area contributed by atoms with Gasteiger partial charge in [-0.25, -0.2) is 4.98 Å². The molecule has 0 spiro atoms. The van der Waals surface area contributed by atoms with Crippen molar-refractivity contribution in [2.24, 2.45) is 5.92 Å². The number of aliphatic hydroxyl groups excluding tert-OH is 1. The van der Waals surface area contributed by atoms with Crippen molar-refractivity contribution < 1.29 is 14.7 Å². The zero-order chi connectivity index (χ0) is 16.1. The molecule has 0 fully saturated rings. The number of amides is 1. The van der Waals surface area contributed by atoms with Gasteiger partial charge in [0.1, 0.15) is 5.01 Å². The summed E-state index contributed by atoms with van der Waals surface area (Å²) in [6, 6.07) is 5.99. The molecule has 0 unspecified atom stereocenters. The zero-order valence-electron chi connectivity index (χ0n) is 12.8. The first-order valence-electron chi connectivity index (χ1n) is 7.29. The SMILES string of the molecule is CC[C@H](CO)C(=O)NCC(=O)Cc1nc2ccc(C)cc2s1. The summed E-state index contributed by atoms with van der Waals surface area (Å²) in [6.45, 7) is 3.62. The van der Waals surface area contributed by atoms with Gasteiger partial charge in [-0.15, -0.1) is 11.3 Å². The Kier molecular flexibility index (Phi) is 5.63. The standard InChI is InChI=1S/C16H20N2O3S/c1-3-11(9-19)16(21)17-8-12(20)7-15-18-13-5-4-10(2)6-14(13)22-15/h4-6,11,19H,3,7-9H2,1-2H3,(H,17,21)/t11-/m1/s1. The van der Waals surface area contributed by atoms with E-state index in [4.69, 9.17) is 5.11 Å². The Labute approximate surface area is 133 Å². The Morgan fingerprint density at radius 2 is 2.18 bits per heavy atom. The molecule has 0 saturated carbocycles. The van der Waals surface area contributed by atoms with Crippen molar-refractivity contribution in [3.05, 3.63) is 28.8 Å². The molecular weight excluding hydrogens is 300 g/mol. The number of rotatable bonds is 7. The number of hydrogen-bond donors (Lipinski definition) is 2. The number of nitrogens with zero attached hydrogens (tertiary/aromatic N) is 1. The average molecular weight is 320 g/mol. The monoisotopic (exact) mass is 320 g/mol. The van der Waals surface area contributed by atoms with Crippen LogP contribution in [-0.4, -0.2) is 34.9 Å². The number of aromatic nitrogens is 1. The summed E-state index contributed by atoms with van der Waals surface area (Å²) in [6.07, 6.45) is 0.766. The van der Waals surface area contributed by atoms with Crippen molar-refractivity contribution in [1.29, 1.82) is 0 Å². The second-order valence-corrected chi connectivity index (χ2v) is 6.41. The number of aliphatic hydroxyl groups is 1. The van der Waals surface area contributed by atoms with E-state index in [0.29, 0.717) is 6.42 Å². The molecular formula is C16H20N2O3S. The van der Waals surface area contributed by atoms with Gasteiger partial charge in [0.05, 0.1) is 35.7 Å². The largest absolute Gasteiger partial charge is 0.396 e. The smallest absolute Gasteiger partial charge is 0.225 e. The van der Waals surface area contributed by atoms with Gasteiger partial charge in [-0.2, -0.15) is 0 Å². The van der Waals surface area contributed by atoms with Crippen LogP contribution in [0.5, 0.6) is 0 Å². The molecule has 1 aromatic carbocycles. The zero-order valence-corrected chi connectivity index (χ0v) is 13.6. The first kappa shape index (κ1) is 16.6. The van der Waals surface area contributed by atoms with Crippen LogP contribution in [0.2, 0.25) is 0 Å². The van der Waals surface area contributed by atoms with Crippen molar-refractivity contribution in [2.75, 3.05) is 13.2 Å². The summed E-state index contributed by atoms with van der Waals surface area (Å²) in [7, 11) is 0. The van der Waals surface area contributed by atoms with Gasteiger partial charge >= 0.3 is 0 Å². The molecule has 0 aliphatic carbocycles. The summed E-state index contributed by atoms with van der Waals surface area (Å²) >= 11 is 1.50. The van der Waals surface area contributed by atoms with E-state index in [-0.39, 0.29) is 31.3 Å². The van der Waals surface area contributed by atoms with Gasteiger partial charge in [-0.1, -0.05) is 13.0 Å². The number of benzene rings is 1. The van der Waals surface area contributed by atoms with Gasteiger partial charge in [0.15, 0.2) is 5.78 Å². The highest BCUT2D eigenvalue weighted by molar-refractivity contribution is 7.18. The minimum atomic E-state index is -0.446. The molecule has 0 bridgehead atoms. The van der Waals surface area contributed by atoms with Gasteiger partial charge in [0.25, 0.3) is 0 Å². The number of fused-ring (bicyclic) bond motifs is 1. The molecule has 1 aromatic heterocycles. The number of nitrogens with one attached hydrogen (secondary N) is 1. The fraction of sp³-hybridized carbons (Fsp3) is 0.438. The fourth-order valence-corrected chi connectivity index (χ4v) is 3.21. The number of hydrogen-bond acceptors (Lipinski definition) is 5. The summed E-state index contributed by atoms with van der Waals surface area (Å²) in [5.74, 6) is -0.812. The highest BCUT2D eigenvalue weighted by Gasteiger charge is 2.16. The first-order valence-corrected chi connectivity index (χ1v) is 8.11. The molecule has 6 heteroatoms. The van der Waals surface area contributed by atoms with Crippen molar-refractivity contribution in [1.82, 2.24) is 10.3 Å². The summed E-state index contributed by atoms with van der Waals surface area (Å²) in [5.41, 5.74) is 2.06. The number of thiazole rings is 1. The highest BCUT2D eigenvalue weighted by Crippen LogP contribution is 2.23.